The Morgan fingerprint density at radius 2 is 1.84 bits per heavy atom. The lowest BCUT2D eigenvalue weighted by atomic mass is 10.2. The number of hydrogen-bond donors (Lipinski definition) is 0. The normalized spacial score (nSPS) is 11.8. The molecule has 0 N–H and O–H groups in total. The second-order valence-corrected chi connectivity index (χ2v) is 5.86. The van der Waals surface area contributed by atoms with E-state index >= 15 is 0 Å². The summed E-state index contributed by atoms with van der Waals surface area (Å²) in [6.45, 7) is 7.73. The summed E-state index contributed by atoms with van der Waals surface area (Å²) >= 11 is 0. The van der Waals surface area contributed by atoms with Crippen molar-refractivity contribution in [2.45, 2.75) is 13.0 Å². The van der Waals surface area contributed by atoms with Gasteiger partial charge >= 0.3 is 0 Å². The molecule has 0 aliphatic carbocycles. The molecule has 1 rings (SSSR count). The summed E-state index contributed by atoms with van der Waals surface area (Å²) in [5.74, 6) is 0. The van der Waals surface area contributed by atoms with Crippen molar-refractivity contribution in [1.29, 1.82) is 0 Å². The van der Waals surface area contributed by atoms with Gasteiger partial charge < -0.3 is 0 Å². The highest BCUT2D eigenvalue weighted by atomic mass is 32.2. The van der Waals surface area contributed by atoms with Crippen molar-refractivity contribution in [2.75, 3.05) is 6.54 Å². The van der Waals surface area contributed by atoms with Gasteiger partial charge in [-0.2, -0.15) is 4.31 Å². The highest BCUT2D eigenvalue weighted by Crippen LogP contribution is 2.11. The van der Waals surface area contributed by atoms with Gasteiger partial charge in [-0.15, -0.1) is 0 Å². The Morgan fingerprint density at radius 1 is 1.16 bits per heavy atom. The second kappa shape index (κ2) is 7.71. The predicted molar refractivity (Wildman–Crippen MR) is 79.9 cm³/mol. The van der Waals surface area contributed by atoms with E-state index in [9.17, 15) is 8.42 Å². The Bertz CT molecular complexity index is 533. The molecule has 1 aromatic carbocycles. The van der Waals surface area contributed by atoms with E-state index in [0.717, 1.165) is 11.0 Å². The molecular formula is C15H19NO2S. The average Bonchev–Trinajstić information content (AvgIpc) is 2.43. The van der Waals surface area contributed by atoms with E-state index in [-0.39, 0.29) is 0 Å². The molecule has 0 spiro atoms. The Kier molecular flexibility index (Phi) is 6.25. The molecule has 102 valence electrons. The number of sulfonamides is 1. The maximum atomic E-state index is 11.9. The second-order valence-electron chi connectivity index (χ2n) is 3.98. The molecule has 3 nitrogen and oxygen atoms in total. The number of benzene rings is 1. The van der Waals surface area contributed by atoms with Crippen LogP contribution in [0.1, 0.15) is 12.0 Å². The van der Waals surface area contributed by atoms with Crippen LogP contribution in [-0.4, -0.2) is 19.3 Å². The van der Waals surface area contributed by atoms with Gasteiger partial charge in [-0.3, -0.25) is 0 Å². The molecule has 0 saturated heterocycles. The average molecular weight is 277 g/mol. The first-order valence-corrected chi connectivity index (χ1v) is 7.54. The summed E-state index contributed by atoms with van der Waals surface area (Å²) in [4.78, 5) is 0. The van der Waals surface area contributed by atoms with Crippen molar-refractivity contribution < 1.29 is 8.42 Å². The molecule has 0 fully saturated rings. The van der Waals surface area contributed by atoms with Crippen LogP contribution >= 0.6 is 0 Å². The molecule has 0 aliphatic rings. The lowest BCUT2D eigenvalue weighted by Crippen LogP contribution is -2.29. The van der Waals surface area contributed by atoms with Gasteiger partial charge in [-0.1, -0.05) is 61.7 Å². The SMILES string of the molecule is C=C/C=C/CCN(Cc1ccccc1)S(=O)(=O)C=C. The summed E-state index contributed by atoms with van der Waals surface area (Å²) in [6.07, 6.45) is 6.01. The number of nitrogens with zero attached hydrogens (tertiary/aromatic N) is 1. The molecule has 0 atom stereocenters. The minimum Gasteiger partial charge on any atom is -0.208 e. The van der Waals surface area contributed by atoms with Crippen molar-refractivity contribution in [3.05, 3.63) is 72.7 Å². The van der Waals surface area contributed by atoms with Crippen molar-refractivity contribution in [1.82, 2.24) is 4.31 Å². The first kappa shape index (κ1) is 15.4. The number of hydrogen-bond acceptors (Lipinski definition) is 2. The standard InChI is InChI=1S/C15H19NO2S/c1-3-5-6-10-13-16(19(17,18)4-2)14-15-11-8-7-9-12-15/h3-9,11-12H,1-2,10,13-14H2/b6-5+. The first-order chi connectivity index (χ1) is 9.10. The van der Waals surface area contributed by atoms with Crippen LogP contribution in [0.3, 0.4) is 0 Å². The van der Waals surface area contributed by atoms with E-state index in [0.29, 0.717) is 19.5 Å². The largest absolute Gasteiger partial charge is 0.235 e. The summed E-state index contributed by atoms with van der Waals surface area (Å²) < 4.78 is 25.3. The van der Waals surface area contributed by atoms with Crippen LogP contribution in [-0.2, 0) is 16.6 Å². The highest BCUT2D eigenvalue weighted by molar-refractivity contribution is 7.91. The third-order valence-corrected chi connectivity index (χ3v) is 4.04. The first-order valence-electron chi connectivity index (χ1n) is 6.04. The van der Waals surface area contributed by atoms with Crippen LogP contribution in [0.4, 0.5) is 0 Å². The maximum Gasteiger partial charge on any atom is 0.235 e. The van der Waals surface area contributed by atoms with Crippen molar-refractivity contribution >= 4 is 10.0 Å². The quantitative estimate of drug-likeness (QED) is 0.685. The lowest BCUT2D eigenvalue weighted by Gasteiger charge is -2.19. The van der Waals surface area contributed by atoms with E-state index in [1.165, 1.54) is 4.31 Å². The van der Waals surface area contributed by atoms with E-state index in [4.69, 9.17) is 0 Å². The fraction of sp³-hybridized carbons (Fsp3) is 0.200. The third-order valence-electron chi connectivity index (χ3n) is 2.59. The summed E-state index contributed by atoms with van der Waals surface area (Å²) in [5.41, 5.74) is 0.959. The smallest absolute Gasteiger partial charge is 0.208 e. The Labute approximate surface area is 115 Å². The van der Waals surface area contributed by atoms with Gasteiger partial charge in [0.05, 0.1) is 0 Å². The Hall–Kier alpha value is -1.65. The zero-order valence-electron chi connectivity index (χ0n) is 10.9. The van der Waals surface area contributed by atoms with Gasteiger partial charge in [0.1, 0.15) is 0 Å². The van der Waals surface area contributed by atoms with Crippen LogP contribution < -0.4 is 0 Å². The molecule has 0 heterocycles. The van der Waals surface area contributed by atoms with Crippen molar-refractivity contribution in [2.24, 2.45) is 0 Å². The molecule has 19 heavy (non-hydrogen) atoms. The zero-order chi connectivity index (χ0) is 14.1. The van der Waals surface area contributed by atoms with Crippen LogP contribution in [0.25, 0.3) is 0 Å². The van der Waals surface area contributed by atoms with E-state index in [1.54, 1.807) is 12.2 Å². The van der Waals surface area contributed by atoms with Crippen LogP contribution in [0.5, 0.6) is 0 Å². The number of allylic oxidation sites excluding steroid dienone is 2. The number of rotatable bonds is 8. The Morgan fingerprint density at radius 3 is 2.42 bits per heavy atom. The van der Waals surface area contributed by atoms with Gasteiger partial charge in [-0.05, 0) is 12.0 Å². The predicted octanol–water partition coefficient (Wildman–Crippen LogP) is 3.09. The zero-order valence-corrected chi connectivity index (χ0v) is 11.7. The fourth-order valence-corrected chi connectivity index (χ4v) is 2.50. The van der Waals surface area contributed by atoms with Gasteiger partial charge in [0.2, 0.25) is 10.0 Å². The van der Waals surface area contributed by atoms with E-state index in [2.05, 4.69) is 13.2 Å². The fourth-order valence-electron chi connectivity index (χ4n) is 1.60. The molecule has 0 unspecified atom stereocenters. The molecule has 0 bridgehead atoms. The van der Waals surface area contributed by atoms with E-state index in [1.807, 2.05) is 36.4 Å². The maximum absolute atomic E-state index is 11.9. The van der Waals surface area contributed by atoms with Gasteiger partial charge in [0.15, 0.2) is 0 Å². The molecule has 0 saturated carbocycles. The summed E-state index contributed by atoms with van der Waals surface area (Å²) in [6, 6.07) is 9.51. The molecule has 0 amide bonds. The third kappa shape index (κ3) is 5.24. The van der Waals surface area contributed by atoms with Crippen molar-refractivity contribution in [3.8, 4) is 0 Å². The van der Waals surface area contributed by atoms with Crippen LogP contribution in [0.15, 0.2) is 67.1 Å². The van der Waals surface area contributed by atoms with Crippen LogP contribution in [0.2, 0.25) is 0 Å². The van der Waals surface area contributed by atoms with Crippen LogP contribution in [0, 0.1) is 0 Å². The van der Waals surface area contributed by atoms with Gasteiger partial charge in [-0.25, -0.2) is 8.42 Å². The molecule has 0 aliphatic heterocycles. The molecule has 4 heteroatoms. The topological polar surface area (TPSA) is 37.4 Å². The summed E-state index contributed by atoms with van der Waals surface area (Å²) in [5, 5.41) is 0.993. The van der Waals surface area contributed by atoms with Gasteiger partial charge in [0, 0.05) is 18.5 Å². The lowest BCUT2D eigenvalue weighted by molar-refractivity contribution is 0.418. The molecule has 1 aromatic rings. The highest BCUT2D eigenvalue weighted by Gasteiger charge is 2.17. The monoisotopic (exact) mass is 277 g/mol. The summed E-state index contributed by atoms with van der Waals surface area (Å²) in [7, 11) is -3.41. The van der Waals surface area contributed by atoms with Gasteiger partial charge in [0.25, 0.3) is 0 Å². The minimum absolute atomic E-state index is 0.358. The van der Waals surface area contributed by atoms with Crippen molar-refractivity contribution in [3.63, 3.8) is 0 Å². The Balaban J connectivity index is 2.78. The van der Waals surface area contributed by atoms with E-state index < -0.39 is 10.0 Å². The molecular weight excluding hydrogens is 258 g/mol. The molecule has 0 radical (unpaired) electrons. The molecule has 0 aromatic heterocycles. The minimum atomic E-state index is -3.41.